The van der Waals surface area contributed by atoms with E-state index in [4.69, 9.17) is 4.52 Å². The molecule has 0 heterocycles. The van der Waals surface area contributed by atoms with E-state index in [0.717, 1.165) is 11.1 Å². The molecule has 2 rings (SSSR count). The Morgan fingerprint density at radius 1 is 0.955 bits per heavy atom. The van der Waals surface area contributed by atoms with Gasteiger partial charge in [-0.05, 0) is 38.1 Å². The largest absolute Gasteiger partial charge is 0.564 e. The van der Waals surface area contributed by atoms with Gasteiger partial charge in [0, 0.05) is 0 Å². The van der Waals surface area contributed by atoms with E-state index in [1.807, 2.05) is 13.8 Å². The van der Waals surface area contributed by atoms with Gasteiger partial charge in [0.15, 0.2) is 0 Å². The predicted molar refractivity (Wildman–Crippen MR) is 79.3 cm³/mol. The zero-order valence-electron chi connectivity index (χ0n) is 12.1. The molecule has 2 aromatic carbocycles. The zero-order chi connectivity index (χ0) is 16.2. The highest BCUT2D eigenvalue weighted by atomic mass is 31.2. The van der Waals surface area contributed by atoms with Crippen LogP contribution in [-0.2, 0) is 14.1 Å². The fourth-order valence-corrected chi connectivity index (χ4v) is 2.15. The van der Waals surface area contributed by atoms with Crippen molar-refractivity contribution < 1.29 is 28.3 Å². The third kappa shape index (κ3) is 4.70. The minimum atomic E-state index is -4.56. The van der Waals surface area contributed by atoms with Crippen molar-refractivity contribution in [1.82, 2.24) is 0 Å². The van der Waals surface area contributed by atoms with Gasteiger partial charge < -0.3 is 4.52 Å². The molecule has 0 aliphatic rings. The maximum absolute atomic E-state index is 11.7. The minimum Gasteiger partial charge on any atom is -0.402 e. The summed E-state index contributed by atoms with van der Waals surface area (Å²) in [5.41, 5.74) is 2.13. The Morgan fingerprint density at radius 3 is 2.00 bits per heavy atom. The normalized spacial score (nSPS) is 13.2. The van der Waals surface area contributed by atoms with Crippen LogP contribution in [0.4, 0.5) is 0 Å². The van der Waals surface area contributed by atoms with Gasteiger partial charge in [0.05, 0.1) is 5.56 Å². The van der Waals surface area contributed by atoms with E-state index >= 15 is 0 Å². The Kier molecular flexibility index (Phi) is 4.98. The Labute approximate surface area is 127 Å². The second kappa shape index (κ2) is 6.75. The lowest BCUT2D eigenvalue weighted by Crippen LogP contribution is -2.07. The maximum Gasteiger partial charge on any atom is 0.564 e. The Bertz CT molecular complexity index is 693. The summed E-state index contributed by atoms with van der Waals surface area (Å²) >= 11 is 0. The number of carbonyl (C=O) groups excluding carboxylic acids is 1. The first-order valence-electron chi connectivity index (χ1n) is 6.42. The van der Waals surface area contributed by atoms with E-state index in [-0.39, 0.29) is 11.3 Å². The lowest BCUT2D eigenvalue weighted by Gasteiger charge is -2.11. The van der Waals surface area contributed by atoms with Crippen LogP contribution in [0, 0.1) is 13.8 Å². The molecule has 0 spiro atoms. The first kappa shape index (κ1) is 16.2. The first-order chi connectivity index (χ1) is 10.4. The molecule has 0 radical (unpaired) electrons. The number of phosphoric ester groups is 1. The summed E-state index contributed by atoms with van der Waals surface area (Å²) in [6.07, 6.45) is 0. The molecule has 7 heteroatoms. The van der Waals surface area contributed by atoms with Gasteiger partial charge >= 0.3 is 13.8 Å². The molecule has 0 saturated heterocycles. The van der Waals surface area contributed by atoms with Crippen molar-refractivity contribution in [2.24, 2.45) is 0 Å². The van der Waals surface area contributed by atoms with E-state index in [2.05, 4.69) is 9.56 Å². The second-order valence-electron chi connectivity index (χ2n) is 4.68. The van der Waals surface area contributed by atoms with Gasteiger partial charge in [-0.25, -0.2) is 9.36 Å². The van der Waals surface area contributed by atoms with Crippen molar-refractivity contribution >= 4 is 13.8 Å². The number of phosphoric acid groups is 1. The molecular weight excluding hydrogens is 307 g/mol. The van der Waals surface area contributed by atoms with Gasteiger partial charge in [0.2, 0.25) is 0 Å². The summed E-state index contributed by atoms with van der Waals surface area (Å²) in [6, 6.07) is 12.9. The smallest absolute Gasteiger partial charge is 0.402 e. The van der Waals surface area contributed by atoms with Crippen LogP contribution in [0.3, 0.4) is 0 Å². The predicted octanol–water partition coefficient (Wildman–Crippen LogP) is 3.57. The molecule has 22 heavy (non-hydrogen) atoms. The number of benzene rings is 2. The lowest BCUT2D eigenvalue weighted by atomic mass is 10.2. The molecule has 1 unspecified atom stereocenters. The molecule has 0 aromatic heterocycles. The molecular formula is C15H15O6P. The van der Waals surface area contributed by atoms with Crippen molar-refractivity contribution in [3.8, 4) is 5.75 Å². The highest BCUT2D eigenvalue weighted by Crippen LogP contribution is 2.44. The summed E-state index contributed by atoms with van der Waals surface area (Å²) in [5.74, 6) is -0.760. The number of hydrogen-bond acceptors (Lipinski definition) is 5. The van der Waals surface area contributed by atoms with Crippen molar-refractivity contribution in [2.45, 2.75) is 13.8 Å². The van der Waals surface area contributed by atoms with Crippen LogP contribution >= 0.6 is 7.82 Å². The molecule has 1 atom stereocenters. The van der Waals surface area contributed by atoms with E-state index in [1.54, 1.807) is 24.3 Å². The van der Waals surface area contributed by atoms with Crippen molar-refractivity contribution in [3.63, 3.8) is 0 Å². The molecule has 2 aromatic rings. The Balaban J connectivity index is 1.94. The summed E-state index contributed by atoms with van der Waals surface area (Å²) in [5, 5.41) is 0. The van der Waals surface area contributed by atoms with E-state index in [9.17, 15) is 14.3 Å². The lowest BCUT2D eigenvalue weighted by molar-refractivity contribution is -0.165. The Hall–Kier alpha value is -2.14. The van der Waals surface area contributed by atoms with Crippen LogP contribution in [0.25, 0.3) is 0 Å². The molecule has 0 aliphatic heterocycles. The SMILES string of the molecule is Cc1ccc(OP(=O)(O)OOC(=O)c2ccc(C)cc2)cc1. The van der Waals surface area contributed by atoms with Gasteiger partial charge in [0.25, 0.3) is 0 Å². The van der Waals surface area contributed by atoms with Crippen molar-refractivity contribution in [1.29, 1.82) is 0 Å². The second-order valence-corrected chi connectivity index (χ2v) is 5.95. The molecule has 0 fully saturated rings. The molecule has 6 nitrogen and oxygen atoms in total. The highest BCUT2D eigenvalue weighted by molar-refractivity contribution is 7.47. The Morgan fingerprint density at radius 2 is 1.45 bits per heavy atom. The summed E-state index contributed by atoms with van der Waals surface area (Å²) in [7, 11) is -4.56. The van der Waals surface area contributed by atoms with Gasteiger partial charge in [-0.2, -0.15) is 0 Å². The zero-order valence-corrected chi connectivity index (χ0v) is 12.9. The highest BCUT2D eigenvalue weighted by Gasteiger charge is 2.27. The maximum atomic E-state index is 11.7. The summed E-state index contributed by atoms with van der Waals surface area (Å²) in [4.78, 5) is 25.5. The first-order valence-corrected chi connectivity index (χ1v) is 7.91. The van der Waals surface area contributed by atoms with Crippen LogP contribution in [0.5, 0.6) is 5.75 Å². The molecule has 116 valence electrons. The van der Waals surface area contributed by atoms with Crippen LogP contribution in [-0.4, -0.2) is 10.9 Å². The van der Waals surface area contributed by atoms with Crippen LogP contribution in [0.1, 0.15) is 21.5 Å². The molecule has 1 N–H and O–H groups in total. The van der Waals surface area contributed by atoms with E-state index < -0.39 is 13.8 Å². The average Bonchev–Trinajstić information content (AvgIpc) is 2.48. The van der Waals surface area contributed by atoms with Crippen molar-refractivity contribution in [3.05, 3.63) is 65.2 Å². The number of rotatable bonds is 5. The van der Waals surface area contributed by atoms with E-state index in [1.165, 1.54) is 24.3 Å². The average molecular weight is 322 g/mol. The number of aryl methyl sites for hydroxylation is 2. The van der Waals surface area contributed by atoms with Crippen LogP contribution in [0.2, 0.25) is 0 Å². The number of hydrogen-bond donors (Lipinski definition) is 1. The molecule has 0 saturated carbocycles. The molecule has 0 bridgehead atoms. The summed E-state index contributed by atoms with van der Waals surface area (Å²) in [6.45, 7) is 3.73. The third-order valence-electron chi connectivity index (χ3n) is 2.74. The minimum absolute atomic E-state index is 0.128. The van der Waals surface area contributed by atoms with Crippen LogP contribution in [0.15, 0.2) is 48.5 Å². The van der Waals surface area contributed by atoms with Gasteiger partial charge in [-0.1, -0.05) is 40.1 Å². The monoisotopic (exact) mass is 322 g/mol. The summed E-state index contributed by atoms with van der Waals surface area (Å²) < 4.78 is 20.7. The van der Waals surface area contributed by atoms with Gasteiger partial charge in [-0.15, -0.1) is 0 Å². The topological polar surface area (TPSA) is 82.1 Å². The van der Waals surface area contributed by atoms with Gasteiger partial charge in [0.1, 0.15) is 5.75 Å². The van der Waals surface area contributed by atoms with E-state index in [0.29, 0.717) is 0 Å². The fourth-order valence-electron chi connectivity index (χ4n) is 1.57. The molecule has 0 aliphatic carbocycles. The quantitative estimate of drug-likeness (QED) is 0.515. The van der Waals surface area contributed by atoms with Crippen LogP contribution < -0.4 is 4.52 Å². The van der Waals surface area contributed by atoms with Crippen molar-refractivity contribution in [2.75, 3.05) is 0 Å². The third-order valence-corrected chi connectivity index (χ3v) is 3.44. The van der Waals surface area contributed by atoms with Gasteiger partial charge in [-0.3, -0.25) is 9.78 Å². The number of carbonyl (C=O) groups is 1. The standard InChI is InChI=1S/C15H15O6P/c1-11-3-7-13(8-4-11)15(16)19-21-22(17,18)20-14-9-5-12(2)6-10-14/h3-10H,1-2H3,(H,17,18). The fraction of sp³-hybridized carbons (Fsp3) is 0.133. The molecule has 0 amide bonds.